The quantitative estimate of drug-likeness (QED) is 0.626. The smallest absolute Gasteiger partial charge is 0.237 e. The first-order chi connectivity index (χ1) is 8.65. The molecule has 0 saturated heterocycles. The van der Waals surface area contributed by atoms with Crippen LogP contribution in [0.15, 0.2) is 24.3 Å². The molecule has 1 heterocycles. The molecule has 0 bridgehead atoms. The van der Waals surface area contributed by atoms with Crippen molar-refractivity contribution in [2.75, 3.05) is 5.32 Å². The summed E-state index contributed by atoms with van der Waals surface area (Å²) in [6.07, 6.45) is 0.305. The van der Waals surface area contributed by atoms with Crippen LogP contribution in [0, 0.1) is 16.0 Å². The van der Waals surface area contributed by atoms with Crippen LogP contribution in [0.2, 0.25) is 0 Å². The number of aromatic nitrogens is 2. The van der Waals surface area contributed by atoms with Crippen molar-refractivity contribution in [2.45, 2.75) is 12.5 Å². The van der Waals surface area contributed by atoms with E-state index in [4.69, 9.17) is 0 Å². The summed E-state index contributed by atoms with van der Waals surface area (Å²) in [7, 11) is 0. The summed E-state index contributed by atoms with van der Waals surface area (Å²) in [6, 6.07) is 6.62. The van der Waals surface area contributed by atoms with E-state index in [0.29, 0.717) is 12.4 Å². The van der Waals surface area contributed by atoms with Gasteiger partial charge >= 0.3 is 0 Å². The van der Waals surface area contributed by atoms with Crippen LogP contribution in [-0.2, 0) is 4.79 Å². The first-order valence-electron chi connectivity index (χ1n) is 5.54. The molecule has 3 rings (SSSR count). The molecule has 7 heteroatoms. The van der Waals surface area contributed by atoms with Crippen molar-refractivity contribution in [3.8, 4) is 0 Å². The maximum Gasteiger partial charge on any atom is 0.237 e. The molecule has 7 nitrogen and oxygen atoms in total. The highest BCUT2D eigenvalue weighted by Gasteiger charge is 2.53. The highest BCUT2D eigenvalue weighted by Crippen LogP contribution is 2.33. The zero-order chi connectivity index (χ0) is 12.7. The third-order valence-electron chi connectivity index (χ3n) is 3.00. The first kappa shape index (κ1) is 10.7. The number of fused-ring (bicyclic) bond motifs is 1. The second-order valence-electron chi connectivity index (χ2n) is 4.29. The van der Waals surface area contributed by atoms with Crippen LogP contribution >= 0.6 is 0 Å². The number of hydrogen-bond donors (Lipinski definition) is 2. The van der Waals surface area contributed by atoms with Crippen LogP contribution in [0.1, 0.15) is 6.42 Å². The lowest BCUT2D eigenvalue weighted by Crippen LogP contribution is -2.19. The average Bonchev–Trinajstić information content (AvgIpc) is 3.04. The van der Waals surface area contributed by atoms with Gasteiger partial charge in [-0.05, 0) is 12.1 Å². The number of carbonyl (C=O) groups is 1. The van der Waals surface area contributed by atoms with E-state index in [-0.39, 0.29) is 5.91 Å². The number of carbonyl (C=O) groups excluding carboxylic acids is 1. The number of para-hydroxylation sites is 2. The number of nitro groups is 1. The van der Waals surface area contributed by atoms with Crippen LogP contribution in [0.3, 0.4) is 0 Å². The Bertz CT molecular complexity index is 603. The number of aromatic amines is 1. The molecule has 18 heavy (non-hydrogen) atoms. The van der Waals surface area contributed by atoms with Gasteiger partial charge in [0, 0.05) is 11.3 Å². The van der Waals surface area contributed by atoms with Gasteiger partial charge in [0.1, 0.15) is 5.92 Å². The molecular weight excluding hydrogens is 236 g/mol. The molecular formula is C11H10N4O3. The van der Waals surface area contributed by atoms with Crippen LogP contribution in [-0.4, -0.2) is 26.8 Å². The van der Waals surface area contributed by atoms with Gasteiger partial charge in [0.05, 0.1) is 11.0 Å². The Balaban J connectivity index is 1.73. The molecule has 1 aliphatic carbocycles. The number of imidazole rings is 1. The van der Waals surface area contributed by atoms with E-state index in [1.807, 2.05) is 24.3 Å². The lowest BCUT2D eigenvalue weighted by atomic mass is 10.3. The second kappa shape index (κ2) is 3.80. The Morgan fingerprint density at radius 2 is 2.28 bits per heavy atom. The van der Waals surface area contributed by atoms with Gasteiger partial charge in [0.15, 0.2) is 0 Å². The van der Waals surface area contributed by atoms with Gasteiger partial charge in [-0.3, -0.25) is 20.2 Å². The fourth-order valence-corrected chi connectivity index (χ4v) is 1.92. The molecule has 1 saturated carbocycles. The number of anilines is 1. The Kier molecular flexibility index (Phi) is 2.26. The largest absolute Gasteiger partial charge is 0.324 e. The summed E-state index contributed by atoms with van der Waals surface area (Å²) in [5, 5.41) is 13.0. The zero-order valence-electron chi connectivity index (χ0n) is 9.29. The lowest BCUT2D eigenvalue weighted by Gasteiger charge is -1.97. The van der Waals surface area contributed by atoms with Crippen molar-refractivity contribution in [1.82, 2.24) is 9.97 Å². The predicted octanol–water partition coefficient (Wildman–Crippen LogP) is 1.17. The van der Waals surface area contributed by atoms with Crippen molar-refractivity contribution >= 4 is 22.9 Å². The van der Waals surface area contributed by atoms with E-state index < -0.39 is 16.9 Å². The van der Waals surface area contributed by atoms with Crippen molar-refractivity contribution in [1.29, 1.82) is 0 Å². The van der Waals surface area contributed by atoms with Gasteiger partial charge in [0.25, 0.3) is 0 Å². The number of rotatable bonds is 3. The van der Waals surface area contributed by atoms with Gasteiger partial charge < -0.3 is 4.98 Å². The van der Waals surface area contributed by atoms with Gasteiger partial charge in [-0.1, -0.05) is 12.1 Å². The third kappa shape index (κ3) is 1.79. The number of hydrogen-bond acceptors (Lipinski definition) is 4. The van der Waals surface area contributed by atoms with E-state index in [1.54, 1.807) is 0 Å². The van der Waals surface area contributed by atoms with Crippen molar-refractivity contribution in [3.05, 3.63) is 34.4 Å². The monoisotopic (exact) mass is 246 g/mol. The summed E-state index contributed by atoms with van der Waals surface area (Å²) in [4.78, 5) is 28.9. The third-order valence-corrected chi connectivity index (χ3v) is 3.00. The van der Waals surface area contributed by atoms with E-state index in [9.17, 15) is 14.9 Å². The number of nitrogens with zero attached hydrogens (tertiary/aromatic N) is 2. The molecule has 0 radical (unpaired) electrons. The molecule has 1 aromatic heterocycles. The fourth-order valence-electron chi connectivity index (χ4n) is 1.92. The van der Waals surface area contributed by atoms with E-state index in [0.717, 1.165) is 11.0 Å². The Hall–Kier alpha value is -2.44. The molecule has 1 fully saturated rings. The topological polar surface area (TPSA) is 101 Å². The average molecular weight is 246 g/mol. The Morgan fingerprint density at radius 1 is 1.50 bits per heavy atom. The zero-order valence-corrected chi connectivity index (χ0v) is 9.29. The van der Waals surface area contributed by atoms with Crippen LogP contribution < -0.4 is 5.32 Å². The molecule has 2 N–H and O–H groups in total. The lowest BCUT2D eigenvalue weighted by molar-refractivity contribution is -0.497. The second-order valence-corrected chi connectivity index (χ2v) is 4.29. The Labute approximate surface area is 101 Å². The van der Waals surface area contributed by atoms with Crippen LogP contribution in [0.4, 0.5) is 5.95 Å². The molecule has 2 aromatic rings. The number of nitrogens with one attached hydrogen (secondary N) is 2. The molecule has 1 aliphatic rings. The summed E-state index contributed by atoms with van der Waals surface area (Å²) in [5.74, 6) is -0.556. The van der Waals surface area contributed by atoms with E-state index in [2.05, 4.69) is 15.3 Å². The summed E-state index contributed by atoms with van der Waals surface area (Å²) in [6.45, 7) is 0. The van der Waals surface area contributed by atoms with E-state index in [1.165, 1.54) is 0 Å². The predicted molar refractivity (Wildman–Crippen MR) is 63.6 cm³/mol. The Morgan fingerprint density at radius 3 is 2.94 bits per heavy atom. The molecule has 1 aromatic carbocycles. The highest BCUT2D eigenvalue weighted by atomic mass is 16.6. The summed E-state index contributed by atoms with van der Waals surface area (Å²) >= 11 is 0. The SMILES string of the molecule is O=C(Nc1nc2ccccc2[nH]1)[C@@H]1C[C@@H]1[N+](=O)[O-]. The van der Waals surface area contributed by atoms with Crippen molar-refractivity contribution < 1.29 is 9.72 Å². The molecule has 2 atom stereocenters. The summed E-state index contributed by atoms with van der Waals surface area (Å²) < 4.78 is 0. The molecule has 92 valence electrons. The summed E-state index contributed by atoms with van der Waals surface area (Å²) in [5.41, 5.74) is 1.56. The minimum absolute atomic E-state index is 0.305. The molecule has 0 unspecified atom stereocenters. The highest BCUT2D eigenvalue weighted by molar-refractivity contribution is 5.94. The van der Waals surface area contributed by atoms with Gasteiger partial charge in [-0.25, -0.2) is 4.98 Å². The first-order valence-corrected chi connectivity index (χ1v) is 5.54. The molecule has 1 amide bonds. The maximum absolute atomic E-state index is 11.7. The molecule has 0 aliphatic heterocycles. The maximum atomic E-state index is 11.7. The fraction of sp³-hybridized carbons (Fsp3) is 0.273. The van der Waals surface area contributed by atoms with Crippen molar-refractivity contribution in [3.63, 3.8) is 0 Å². The van der Waals surface area contributed by atoms with Gasteiger partial charge in [-0.15, -0.1) is 0 Å². The number of H-pyrrole nitrogens is 1. The van der Waals surface area contributed by atoms with Crippen LogP contribution in [0.5, 0.6) is 0 Å². The number of benzene rings is 1. The normalized spacial score (nSPS) is 21.8. The standard InChI is InChI=1S/C11H10N4O3/c16-10(6-5-9(6)15(17)18)14-11-12-7-3-1-2-4-8(7)13-11/h1-4,6,9H,5H2,(H2,12,13,14,16)/t6-,9+/m1/s1. The minimum Gasteiger partial charge on any atom is -0.324 e. The number of amides is 1. The van der Waals surface area contributed by atoms with Gasteiger partial charge in [0.2, 0.25) is 17.9 Å². The van der Waals surface area contributed by atoms with E-state index >= 15 is 0 Å². The van der Waals surface area contributed by atoms with Crippen LogP contribution in [0.25, 0.3) is 11.0 Å². The van der Waals surface area contributed by atoms with Gasteiger partial charge in [-0.2, -0.15) is 0 Å². The molecule has 0 spiro atoms. The van der Waals surface area contributed by atoms with Crippen molar-refractivity contribution in [2.24, 2.45) is 5.92 Å². The minimum atomic E-state index is -0.741.